The summed E-state index contributed by atoms with van der Waals surface area (Å²) >= 11 is 0. The minimum Gasteiger partial charge on any atom is -0.463 e. The summed E-state index contributed by atoms with van der Waals surface area (Å²) in [7, 11) is 0. The van der Waals surface area contributed by atoms with Gasteiger partial charge in [-0.3, -0.25) is 4.79 Å². The van der Waals surface area contributed by atoms with Gasteiger partial charge in [-0.05, 0) is 12.8 Å². The van der Waals surface area contributed by atoms with Crippen LogP contribution < -0.4 is 0 Å². The van der Waals surface area contributed by atoms with E-state index in [2.05, 4.69) is 13.8 Å². The quantitative estimate of drug-likeness (QED) is 0.158. The molecule has 0 amide bonds. The Hall–Kier alpha value is -0.730. The summed E-state index contributed by atoms with van der Waals surface area (Å²) in [4.78, 5) is 11.6. The van der Waals surface area contributed by atoms with E-state index < -0.39 is 0 Å². The standard InChI is InChI=1S/C23H46O7/c1-3-5-7-8-9-10-11-23(24)30-22-21-29-20-19-28-18-17-27-16-15-26-14-13-25-12-6-4-2/h3-22H2,1-2H3. The highest BCUT2D eigenvalue weighted by atomic mass is 16.6. The van der Waals surface area contributed by atoms with Crippen LogP contribution in [-0.4, -0.2) is 78.6 Å². The molecule has 0 aliphatic carbocycles. The SMILES string of the molecule is CCCCCCCCC(=O)OCCOCCOCCOCCOCCOCCCC. The lowest BCUT2D eigenvalue weighted by molar-refractivity contribution is -0.145. The lowest BCUT2D eigenvalue weighted by Crippen LogP contribution is -2.15. The number of hydrogen-bond acceptors (Lipinski definition) is 7. The van der Waals surface area contributed by atoms with Crippen molar-refractivity contribution < 1.29 is 33.2 Å². The van der Waals surface area contributed by atoms with E-state index in [0.717, 1.165) is 32.3 Å². The molecule has 30 heavy (non-hydrogen) atoms. The fourth-order valence-electron chi connectivity index (χ4n) is 2.56. The Morgan fingerprint density at radius 1 is 0.467 bits per heavy atom. The summed E-state index contributed by atoms with van der Waals surface area (Å²) in [6.07, 6.45) is 9.77. The van der Waals surface area contributed by atoms with Crippen molar-refractivity contribution in [3.8, 4) is 0 Å². The lowest BCUT2D eigenvalue weighted by Gasteiger charge is -2.08. The fraction of sp³-hybridized carbons (Fsp3) is 0.957. The van der Waals surface area contributed by atoms with Gasteiger partial charge in [-0.1, -0.05) is 52.4 Å². The van der Waals surface area contributed by atoms with Crippen LogP contribution in [0.1, 0.15) is 71.6 Å². The molecule has 0 N–H and O–H groups in total. The molecule has 0 unspecified atom stereocenters. The molecule has 0 spiro atoms. The van der Waals surface area contributed by atoms with Crippen molar-refractivity contribution in [2.24, 2.45) is 0 Å². The van der Waals surface area contributed by atoms with Crippen LogP contribution in [0.2, 0.25) is 0 Å². The highest BCUT2D eigenvalue weighted by Gasteiger charge is 2.02. The van der Waals surface area contributed by atoms with E-state index in [1.54, 1.807) is 0 Å². The average molecular weight is 435 g/mol. The van der Waals surface area contributed by atoms with Crippen LogP contribution in [0.4, 0.5) is 0 Å². The maximum absolute atomic E-state index is 11.6. The first-order chi connectivity index (χ1) is 14.8. The first kappa shape index (κ1) is 29.3. The van der Waals surface area contributed by atoms with Crippen LogP contribution in [0.5, 0.6) is 0 Å². The van der Waals surface area contributed by atoms with Gasteiger partial charge in [-0.15, -0.1) is 0 Å². The van der Waals surface area contributed by atoms with Gasteiger partial charge in [0.15, 0.2) is 0 Å². The Balaban J connectivity index is 3.10. The van der Waals surface area contributed by atoms with Crippen LogP contribution in [0.25, 0.3) is 0 Å². The Morgan fingerprint density at radius 3 is 1.37 bits per heavy atom. The molecule has 0 saturated heterocycles. The second kappa shape index (κ2) is 26.3. The van der Waals surface area contributed by atoms with E-state index in [-0.39, 0.29) is 5.97 Å². The Bertz CT molecular complexity index is 340. The predicted molar refractivity (Wildman–Crippen MR) is 118 cm³/mol. The van der Waals surface area contributed by atoms with Crippen LogP contribution in [0, 0.1) is 0 Å². The van der Waals surface area contributed by atoms with Crippen molar-refractivity contribution in [3.05, 3.63) is 0 Å². The van der Waals surface area contributed by atoms with E-state index in [9.17, 15) is 4.79 Å². The first-order valence-electron chi connectivity index (χ1n) is 11.9. The highest BCUT2D eigenvalue weighted by Crippen LogP contribution is 2.07. The molecule has 0 aromatic rings. The minimum absolute atomic E-state index is 0.129. The molecule has 7 nitrogen and oxygen atoms in total. The normalized spacial score (nSPS) is 11.1. The third kappa shape index (κ3) is 25.3. The van der Waals surface area contributed by atoms with Crippen molar-refractivity contribution in [1.29, 1.82) is 0 Å². The zero-order valence-corrected chi connectivity index (χ0v) is 19.5. The van der Waals surface area contributed by atoms with Gasteiger partial charge in [0.05, 0.1) is 59.5 Å². The molecule has 180 valence electrons. The van der Waals surface area contributed by atoms with Gasteiger partial charge in [-0.2, -0.15) is 0 Å². The zero-order chi connectivity index (χ0) is 22.0. The number of hydrogen-bond donors (Lipinski definition) is 0. The summed E-state index contributed by atoms with van der Waals surface area (Å²) < 4.78 is 32.2. The van der Waals surface area contributed by atoms with Crippen molar-refractivity contribution in [1.82, 2.24) is 0 Å². The number of rotatable bonds is 25. The molecular weight excluding hydrogens is 388 g/mol. The molecule has 0 radical (unpaired) electrons. The molecule has 0 atom stereocenters. The third-order valence-corrected chi connectivity index (χ3v) is 4.36. The van der Waals surface area contributed by atoms with E-state index in [1.807, 2.05) is 0 Å². The second-order valence-corrected chi connectivity index (χ2v) is 7.15. The molecule has 0 aliphatic rings. The number of unbranched alkanes of at least 4 members (excludes halogenated alkanes) is 6. The molecule has 0 aromatic heterocycles. The Labute approximate surface area is 184 Å². The van der Waals surface area contributed by atoms with Gasteiger partial charge in [0.1, 0.15) is 6.61 Å². The summed E-state index contributed by atoms with van der Waals surface area (Å²) in [6, 6.07) is 0. The molecule has 0 aromatic carbocycles. The average Bonchev–Trinajstić information content (AvgIpc) is 2.75. The Kier molecular flexibility index (Phi) is 25.7. The van der Waals surface area contributed by atoms with E-state index in [4.69, 9.17) is 28.4 Å². The lowest BCUT2D eigenvalue weighted by atomic mass is 10.1. The molecular formula is C23H46O7. The van der Waals surface area contributed by atoms with Gasteiger partial charge in [0.2, 0.25) is 0 Å². The number of esters is 1. The molecule has 7 heteroatoms. The van der Waals surface area contributed by atoms with Crippen molar-refractivity contribution in [2.75, 3.05) is 72.7 Å². The molecule has 0 aliphatic heterocycles. The van der Waals surface area contributed by atoms with Gasteiger partial charge in [0, 0.05) is 13.0 Å². The fourth-order valence-corrected chi connectivity index (χ4v) is 2.56. The van der Waals surface area contributed by atoms with Gasteiger partial charge >= 0.3 is 5.97 Å². The minimum atomic E-state index is -0.129. The van der Waals surface area contributed by atoms with Gasteiger partial charge in [-0.25, -0.2) is 0 Å². The summed E-state index contributed by atoms with van der Waals surface area (Å²) in [5, 5.41) is 0. The first-order valence-corrected chi connectivity index (χ1v) is 11.9. The monoisotopic (exact) mass is 434 g/mol. The van der Waals surface area contributed by atoms with Crippen LogP contribution in [0.3, 0.4) is 0 Å². The molecule has 0 saturated carbocycles. The van der Waals surface area contributed by atoms with Gasteiger partial charge < -0.3 is 28.4 Å². The third-order valence-electron chi connectivity index (χ3n) is 4.36. The summed E-state index contributed by atoms with van der Waals surface area (Å²) in [6.45, 7) is 10.3. The maximum atomic E-state index is 11.6. The summed E-state index contributed by atoms with van der Waals surface area (Å²) in [5.41, 5.74) is 0. The predicted octanol–water partition coefficient (Wildman–Crippen LogP) is 4.16. The summed E-state index contributed by atoms with van der Waals surface area (Å²) in [5.74, 6) is -0.129. The zero-order valence-electron chi connectivity index (χ0n) is 19.5. The van der Waals surface area contributed by atoms with Crippen LogP contribution in [-0.2, 0) is 33.2 Å². The largest absolute Gasteiger partial charge is 0.463 e. The van der Waals surface area contributed by atoms with Crippen molar-refractivity contribution >= 4 is 5.97 Å². The smallest absolute Gasteiger partial charge is 0.305 e. The van der Waals surface area contributed by atoms with Crippen molar-refractivity contribution in [3.63, 3.8) is 0 Å². The highest BCUT2D eigenvalue weighted by molar-refractivity contribution is 5.69. The van der Waals surface area contributed by atoms with Crippen LogP contribution in [0.15, 0.2) is 0 Å². The Morgan fingerprint density at radius 2 is 0.867 bits per heavy atom. The van der Waals surface area contributed by atoms with E-state index in [0.29, 0.717) is 72.5 Å². The maximum Gasteiger partial charge on any atom is 0.305 e. The molecule has 0 bridgehead atoms. The molecule has 0 rings (SSSR count). The number of carbonyl (C=O) groups is 1. The van der Waals surface area contributed by atoms with E-state index >= 15 is 0 Å². The number of ether oxygens (including phenoxy) is 6. The van der Waals surface area contributed by atoms with E-state index in [1.165, 1.54) is 25.7 Å². The van der Waals surface area contributed by atoms with Gasteiger partial charge in [0.25, 0.3) is 0 Å². The number of carbonyl (C=O) groups excluding carboxylic acids is 1. The molecule has 0 heterocycles. The van der Waals surface area contributed by atoms with Crippen LogP contribution >= 0.6 is 0 Å². The molecule has 0 fully saturated rings. The topological polar surface area (TPSA) is 72.5 Å². The van der Waals surface area contributed by atoms with Crippen molar-refractivity contribution in [2.45, 2.75) is 71.6 Å². The second-order valence-electron chi connectivity index (χ2n) is 7.15.